The van der Waals surface area contributed by atoms with Crippen molar-refractivity contribution in [3.8, 4) is 0 Å². The van der Waals surface area contributed by atoms with E-state index in [1.807, 2.05) is 40.1 Å². The second-order valence-corrected chi connectivity index (χ2v) is 9.26. The second-order valence-electron chi connectivity index (χ2n) is 9.26. The van der Waals surface area contributed by atoms with E-state index in [0.717, 1.165) is 23.7 Å². The molecule has 0 radical (unpaired) electrons. The summed E-state index contributed by atoms with van der Waals surface area (Å²) in [5.41, 5.74) is 0.892. The first-order valence-electron chi connectivity index (χ1n) is 11.2. The maximum atomic E-state index is 13.2. The molecule has 0 bridgehead atoms. The summed E-state index contributed by atoms with van der Waals surface area (Å²) in [5.74, 6) is 0.401. The number of carbonyl (C=O) groups excluding carboxylic acids is 3. The smallest absolute Gasteiger partial charge is 0.410 e. The Labute approximate surface area is 180 Å². The molecule has 8 nitrogen and oxygen atoms in total. The lowest BCUT2D eigenvalue weighted by molar-refractivity contribution is -0.136. The zero-order chi connectivity index (χ0) is 21.2. The van der Waals surface area contributed by atoms with Crippen LogP contribution in [-0.4, -0.2) is 82.0 Å². The molecule has 162 valence electrons. The Bertz CT molecular complexity index is 1030. The fourth-order valence-corrected chi connectivity index (χ4v) is 5.43. The molecule has 8 heteroatoms. The van der Waals surface area contributed by atoms with Crippen LogP contribution in [0.15, 0.2) is 30.3 Å². The van der Waals surface area contributed by atoms with Gasteiger partial charge in [0.15, 0.2) is 0 Å². The second kappa shape index (κ2) is 6.73. The lowest BCUT2D eigenvalue weighted by atomic mass is 9.83. The summed E-state index contributed by atoms with van der Waals surface area (Å²) in [5, 5.41) is 1.01. The third kappa shape index (κ3) is 2.99. The molecule has 31 heavy (non-hydrogen) atoms. The molecule has 1 aromatic heterocycles. The number of amides is 3. The predicted octanol–water partition coefficient (Wildman–Crippen LogP) is 2.22. The summed E-state index contributed by atoms with van der Waals surface area (Å²) in [6.07, 6.45) is 2.97. The minimum Gasteiger partial charge on any atom is -0.440 e. The number of piperazine rings is 1. The summed E-state index contributed by atoms with van der Waals surface area (Å²) in [7, 11) is 0. The van der Waals surface area contributed by atoms with Crippen molar-refractivity contribution in [2.45, 2.75) is 37.3 Å². The number of hydrogen-bond donors (Lipinski definition) is 1. The Morgan fingerprint density at radius 3 is 2.55 bits per heavy atom. The molecule has 4 fully saturated rings. The molecule has 4 heterocycles. The zero-order valence-electron chi connectivity index (χ0n) is 17.4. The van der Waals surface area contributed by atoms with Gasteiger partial charge < -0.3 is 19.5 Å². The van der Waals surface area contributed by atoms with Crippen molar-refractivity contribution in [1.29, 1.82) is 0 Å². The van der Waals surface area contributed by atoms with E-state index in [1.165, 1.54) is 0 Å². The van der Waals surface area contributed by atoms with Crippen LogP contribution in [0.4, 0.5) is 4.79 Å². The molecule has 1 aromatic carbocycles. The number of aromatic nitrogens is 1. The average molecular weight is 422 g/mol. The van der Waals surface area contributed by atoms with Gasteiger partial charge in [0, 0.05) is 62.4 Å². The molecule has 1 atom stereocenters. The number of para-hydroxylation sites is 1. The number of benzene rings is 1. The highest BCUT2D eigenvalue weighted by molar-refractivity contribution is 5.98. The number of rotatable bonds is 2. The number of hydrogen-bond acceptors (Lipinski definition) is 4. The molecule has 1 spiro atoms. The van der Waals surface area contributed by atoms with E-state index in [9.17, 15) is 14.4 Å². The summed E-state index contributed by atoms with van der Waals surface area (Å²) in [6, 6.07) is 9.56. The molecule has 1 aliphatic carbocycles. The minimum atomic E-state index is -0.614. The van der Waals surface area contributed by atoms with Crippen molar-refractivity contribution < 1.29 is 19.1 Å². The van der Waals surface area contributed by atoms with Gasteiger partial charge in [0.2, 0.25) is 5.91 Å². The maximum absolute atomic E-state index is 13.2. The highest BCUT2D eigenvalue weighted by atomic mass is 16.6. The van der Waals surface area contributed by atoms with Crippen LogP contribution in [0.1, 0.15) is 36.2 Å². The zero-order valence-corrected chi connectivity index (χ0v) is 17.4. The number of fused-ring (bicyclic) bond motifs is 3. The quantitative estimate of drug-likeness (QED) is 0.804. The third-order valence-electron chi connectivity index (χ3n) is 7.41. The SMILES string of the molecule is O=C(c1cc2ccccc2[nH]1)N1CCN2C(=O)OC3(CCN(C(=O)C4CC4)CC3)C2C1. The monoisotopic (exact) mass is 422 g/mol. The van der Waals surface area contributed by atoms with Gasteiger partial charge in [-0.15, -0.1) is 0 Å². The maximum Gasteiger partial charge on any atom is 0.410 e. The first-order valence-corrected chi connectivity index (χ1v) is 11.2. The van der Waals surface area contributed by atoms with Crippen molar-refractivity contribution in [1.82, 2.24) is 19.7 Å². The summed E-state index contributed by atoms with van der Waals surface area (Å²) >= 11 is 0. The van der Waals surface area contributed by atoms with Gasteiger partial charge in [0.25, 0.3) is 5.91 Å². The number of aromatic amines is 1. The molecule has 1 unspecified atom stereocenters. The fraction of sp³-hybridized carbons (Fsp3) is 0.522. The van der Waals surface area contributed by atoms with Gasteiger partial charge in [-0.2, -0.15) is 0 Å². The molecule has 3 amide bonds. The van der Waals surface area contributed by atoms with Crippen LogP contribution in [-0.2, 0) is 9.53 Å². The van der Waals surface area contributed by atoms with E-state index in [4.69, 9.17) is 4.74 Å². The lowest BCUT2D eigenvalue weighted by Crippen LogP contribution is -2.61. The van der Waals surface area contributed by atoms with Gasteiger partial charge in [0.1, 0.15) is 11.3 Å². The van der Waals surface area contributed by atoms with Gasteiger partial charge in [-0.1, -0.05) is 18.2 Å². The predicted molar refractivity (Wildman–Crippen MR) is 112 cm³/mol. The summed E-state index contributed by atoms with van der Waals surface area (Å²) in [4.78, 5) is 47.0. The fourth-order valence-electron chi connectivity index (χ4n) is 5.43. The first-order chi connectivity index (χ1) is 15.0. The topological polar surface area (TPSA) is 85.9 Å². The molecular formula is C23H26N4O4. The van der Waals surface area contributed by atoms with Crippen LogP contribution in [0.25, 0.3) is 10.9 Å². The van der Waals surface area contributed by atoms with Crippen LogP contribution < -0.4 is 0 Å². The van der Waals surface area contributed by atoms with Crippen LogP contribution in [0.2, 0.25) is 0 Å². The van der Waals surface area contributed by atoms with Gasteiger partial charge in [-0.25, -0.2) is 4.79 Å². The molecule has 2 aromatic rings. The van der Waals surface area contributed by atoms with Crippen LogP contribution in [0.3, 0.4) is 0 Å². The van der Waals surface area contributed by atoms with Crippen LogP contribution in [0.5, 0.6) is 0 Å². The van der Waals surface area contributed by atoms with Crippen molar-refractivity contribution >= 4 is 28.8 Å². The van der Waals surface area contributed by atoms with E-state index in [-0.39, 0.29) is 29.9 Å². The molecule has 3 saturated heterocycles. The third-order valence-corrected chi connectivity index (χ3v) is 7.41. The normalized spacial score (nSPS) is 25.1. The molecular weight excluding hydrogens is 396 g/mol. The van der Waals surface area contributed by atoms with Gasteiger partial charge in [-0.05, 0) is 25.0 Å². The van der Waals surface area contributed by atoms with Crippen molar-refractivity contribution in [2.24, 2.45) is 5.92 Å². The van der Waals surface area contributed by atoms with Crippen molar-refractivity contribution in [3.05, 3.63) is 36.0 Å². The minimum absolute atomic E-state index is 0.0494. The Balaban J connectivity index is 1.20. The van der Waals surface area contributed by atoms with Gasteiger partial charge in [-0.3, -0.25) is 14.5 Å². The van der Waals surface area contributed by atoms with E-state index in [1.54, 1.807) is 4.90 Å². The molecule has 6 rings (SSSR count). The van der Waals surface area contributed by atoms with Crippen molar-refractivity contribution in [3.63, 3.8) is 0 Å². The average Bonchev–Trinajstić information content (AvgIpc) is 3.50. The molecule has 4 aliphatic rings. The summed E-state index contributed by atoms with van der Waals surface area (Å²) < 4.78 is 5.93. The Hall–Kier alpha value is -3.03. The Morgan fingerprint density at radius 1 is 1.03 bits per heavy atom. The van der Waals surface area contributed by atoms with E-state index >= 15 is 0 Å². The lowest BCUT2D eigenvalue weighted by Gasteiger charge is -2.45. The number of nitrogens with zero attached hydrogens (tertiary/aromatic N) is 3. The van der Waals surface area contributed by atoms with Gasteiger partial charge >= 0.3 is 6.09 Å². The Kier molecular flexibility index (Phi) is 4.07. The number of piperidine rings is 1. The number of nitrogens with one attached hydrogen (secondary N) is 1. The number of carbonyl (C=O) groups is 3. The van der Waals surface area contributed by atoms with E-state index in [2.05, 4.69) is 4.98 Å². The number of likely N-dealkylation sites (tertiary alicyclic amines) is 1. The summed E-state index contributed by atoms with van der Waals surface area (Å²) in [6.45, 7) is 2.65. The van der Waals surface area contributed by atoms with E-state index < -0.39 is 5.60 Å². The van der Waals surface area contributed by atoms with Crippen molar-refractivity contribution in [2.75, 3.05) is 32.7 Å². The molecule has 3 aliphatic heterocycles. The van der Waals surface area contributed by atoms with E-state index in [0.29, 0.717) is 51.3 Å². The van der Waals surface area contributed by atoms with Crippen LogP contribution in [0, 0.1) is 5.92 Å². The first kappa shape index (κ1) is 18.7. The van der Waals surface area contributed by atoms with Gasteiger partial charge in [0.05, 0.1) is 6.04 Å². The Morgan fingerprint density at radius 2 is 1.81 bits per heavy atom. The molecule has 1 saturated carbocycles. The highest BCUT2D eigenvalue weighted by Gasteiger charge is 2.57. The highest BCUT2D eigenvalue weighted by Crippen LogP contribution is 2.41. The largest absolute Gasteiger partial charge is 0.440 e. The number of ether oxygens (including phenoxy) is 1. The standard InChI is InChI=1S/C23H26N4O4/c28-20(15-5-6-15)25-9-7-23(8-10-25)19-14-26(11-12-27(19)22(30)31-23)21(29)18-13-16-3-1-2-4-17(16)24-18/h1-4,13,15,19,24H,5-12,14H2. The van der Waals surface area contributed by atoms with Crippen LogP contribution >= 0.6 is 0 Å². The number of H-pyrrole nitrogens is 1. The molecule has 1 N–H and O–H groups in total.